The van der Waals surface area contributed by atoms with Crippen LogP contribution in [-0.2, 0) is 4.74 Å². The van der Waals surface area contributed by atoms with Gasteiger partial charge in [-0.3, -0.25) is 0 Å². The molecule has 0 saturated heterocycles. The lowest BCUT2D eigenvalue weighted by Crippen LogP contribution is -2.61. The summed E-state index contributed by atoms with van der Waals surface area (Å²) in [7, 11) is 1.69. The van der Waals surface area contributed by atoms with E-state index in [1.54, 1.807) is 7.11 Å². The van der Waals surface area contributed by atoms with Crippen LogP contribution in [0.1, 0.15) is 44.9 Å². The Morgan fingerprint density at radius 3 is 2.88 bits per heavy atom. The van der Waals surface area contributed by atoms with Gasteiger partial charge in [-0.2, -0.15) is 5.26 Å². The fourth-order valence-corrected chi connectivity index (χ4v) is 4.65. The lowest BCUT2D eigenvalue weighted by atomic mass is 9.51. The van der Waals surface area contributed by atoms with Crippen LogP contribution in [0, 0.1) is 16.7 Å². The molecule has 0 N–H and O–H groups in total. The Kier molecular flexibility index (Phi) is 2.38. The van der Waals surface area contributed by atoms with Gasteiger partial charge >= 0.3 is 0 Å². The molecule has 0 heterocycles. The molecule has 0 aliphatic heterocycles. The van der Waals surface area contributed by atoms with E-state index in [4.69, 9.17) is 16.3 Å². The standard InChI is InChI=1S/C14H18ClNO/c1-17-14-7-6-12(9-13(14,15)10-16)5-3-2-4-11(12)8-14/h8H,2-7,9H2,1H3/t12-,13?,14+/m1/s1. The highest BCUT2D eigenvalue weighted by Crippen LogP contribution is 2.63. The highest BCUT2D eigenvalue weighted by molar-refractivity contribution is 6.27. The third-order valence-electron chi connectivity index (χ3n) is 5.21. The summed E-state index contributed by atoms with van der Waals surface area (Å²) in [6.45, 7) is 0. The van der Waals surface area contributed by atoms with E-state index in [-0.39, 0.29) is 5.41 Å². The SMILES string of the molecule is CO[C@]12C=C3CCCC[C@@]3(CC1)CC2(Cl)C#N. The van der Waals surface area contributed by atoms with Crippen molar-refractivity contribution in [3.8, 4) is 6.07 Å². The van der Waals surface area contributed by atoms with Crippen molar-refractivity contribution in [1.82, 2.24) is 0 Å². The predicted molar refractivity (Wildman–Crippen MR) is 66.8 cm³/mol. The highest BCUT2D eigenvalue weighted by Gasteiger charge is 2.63. The minimum Gasteiger partial charge on any atom is -0.371 e. The zero-order chi connectivity index (χ0) is 12.1. The van der Waals surface area contributed by atoms with Gasteiger partial charge in [-0.1, -0.05) is 29.7 Å². The van der Waals surface area contributed by atoms with Crippen molar-refractivity contribution >= 4 is 11.6 Å². The second kappa shape index (κ2) is 3.49. The average molecular weight is 252 g/mol. The Balaban J connectivity index is 2.13. The van der Waals surface area contributed by atoms with Crippen LogP contribution in [0.15, 0.2) is 11.6 Å². The summed E-state index contributed by atoms with van der Waals surface area (Å²) in [5.41, 5.74) is 1.19. The van der Waals surface area contributed by atoms with Crippen molar-refractivity contribution in [1.29, 1.82) is 5.26 Å². The number of nitrogens with zero attached hydrogens (tertiary/aromatic N) is 1. The van der Waals surface area contributed by atoms with Gasteiger partial charge in [0.1, 0.15) is 5.60 Å². The Morgan fingerprint density at radius 1 is 1.35 bits per heavy atom. The van der Waals surface area contributed by atoms with Gasteiger partial charge in [0, 0.05) is 7.11 Å². The van der Waals surface area contributed by atoms with E-state index < -0.39 is 10.5 Å². The summed E-state index contributed by atoms with van der Waals surface area (Å²) in [5.74, 6) is 0. The Hall–Kier alpha value is -0.520. The first-order valence-corrected chi connectivity index (χ1v) is 6.85. The quantitative estimate of drug-likeness (QED) is 0.527. The molecule has 2 saturated carbocycles. The molecule has 0 radical (unpaired) electrons. The van der Waals surface area contributed by atoms with Gasteiger partial charge in [0.25, 0.3) is 0 Å². The normalized spacial score (nSPS) is 48.2. The minimum atomic E-state index is -0.860. The lowest BCUT2D eigenvalue weighted by Gasteiger charge is -2.58. The topological polar surface area (TPSA) is 33.0 Å². The van der Waals surface area contributed by atoms with Crippen LogP contribution in [0.4, 0.5) is 0 Å². The van der Waals surface area contributed by atoms with Gasteiger partial charge in [-0.25, -0.2) is 0 Å². The van der Waals surface area contributed by atoms with Gasteiger partial charge in [0.15, 0.2) is 4.87 Å². The molecule has 1 spiro atoms. The van der Waals surface area contributed by atoms with Crippen LogP contribution in [0.25, 0.3) is 0 Å². The van der Waals surface area contributed by atoms with Gasteiger partial charge < -0.3 is 4.74 Å². The zero-order valence-corrected chi connectivity index (χ0v) is 11.0. The van der Waals surface area contributed by atoms with E-state index in [0.717, 1.165) is 19.3 Å². The summed E-state index contributed by atoms with van der Waals surface area (Å²) in [5, 5.41) is 9.46. The fraction of sp³-hybridized carbons (Fsp3) is 0.786. The minimum absolute atomic E-state index is 0.218. The van der Waals surface area contributed by atoms with Crippen LogP contribution >= 0.6 is 11.6 Å². The Morgan fingerprint density at radius 2 is 2.18 bits per heavy atom. The third-order valence-corrected chi connectivity index (χ3v) is 5.75. The maximum Gasteiger partial charge on any atom is 0.164 e. The molecular formula is C14H18ClNO. The van der Waals surface area contributed by atoms with Crippen molar-refractivity contribution in [2.24, 2.45) is 5.41 Å². The molecule has 3 atom stereocenters. The smallest absolute Gasteiger partial charge is 0.164 e. The Labute approximate surface area is 108 Å². The molecule has 0 aromatic rings. The van der Waals surface area contributed by atoms with E-state index in [1.807, 2.05) is 0 Å². The largest absolute Gasteiger partial charge is 0.371 e. The van der Waals surface area contributed by atoms with Gasteiger partial charge in [-0.15, -0.1) is 0 Å². The molecule has 3 heteroatoms. The van der Waals surface area contributed by atoms with Gasteiger partial charge in [0.2, 0.25) is 0 Å². The number of rotatable bonds is 1. The highest BCUT2D eigenvalue weighted by atomic mass is 35.5. The summed E-state index contributed by atoms with van der Waals surface area (Å²) in [4.78, 5) is -0.860. The van der Waals surface area contributed by atoms with Crippen molar-refractivity contribution < 1.29 is 4.74 Å². The first-order valence-electron chi connectivity index (χ1n) is 6.47. The zero-order valence-electron chi connectivity index (χ0n) is 10.3. The molecule has 4 rings (SSSR count). The Bertz CT molecular complexity index is 426. The van der Waals surface area contributed by atoms with Crippen molar-refractivity contribution in [2.75, 3.05) is 7.11 Å². The molecule has 4 aliphatic carbocycles. The molecule has 1 unspecified atom stereocenters. The molecule has 2 fully saturated rings. The molecule has 4 aliphatic rings. The van der Waals surface area contributed by atoms with E-state index in [9.17, 15) is 5.26 Å². The molecule has 0 amide bonds. The number of ether oxygens (including phenoxy) is 1. The number of alkyl halides is 1. The molecule has 0 aromatic carbocycles. The summed E-state index contributed by atoms with van der Waals surface area (Å²) in [6, 6.07) is 2.33. The average Bonchev–Trinajstić information content (AvgIpc) is 2.37. The third kappa shape index (κ3) is 1.30. The fourth-order valence-electron chi connectivity index (χ4n) is 4.17. The predicted octanol–water partition coefficient (Wildman–Crippen LogP) is 3.56. The number of nitriles is 1. The number of allylic oxidation sites excluding steroid dienone is 1. The maximum absolute atomic E-state index is 9.46. The number of hydrogen-bond acceptors (Lipinski definition) is 2. The summed E-state index contributed by atoms with van der Waals surface area (Å²) in [6.07, 6.45) is 9.93. The van der Waals surface area contributed by atoms with Crippen LogP contribution in [0.3, 0.4) is 0 Å². The van der Waals surface area contributed by atoms with E-state index in [1.165, 1.54) is 31.3 Å². The summed E-state index contributed by atoms with van der Waals surface area (Å²) >= 11 is 6.60. The van der Waals surface area contributed by atoms with E-state index in [2.05, 4.69) is 12.1 Å². The molecule has 2 bridgehead atoms. The molecule has 17 heavy (non-hydrogen) atoms. The van der Waals surface area contributed by atoms with Crippen LogP contribution in [0.2, 0.25) is 0 Å². The first kappa shape index (κ1) is 11.6. The second-order valence-electron chi connectivity index (χ2n) is 5.84. The molecular weight excluding hydrogens is 234 g/mol. The van der Waals surface area contributed by atoms with Crippen LogP contribution in [-0.4, -0.2) is 17.6 Å². The maximum atomic E-state index is 9.46. The monoisotopic (exact) mass is 251 g/mol. The molecule has 2 nitrogen and oxygen atoms in total. The van der Waals surface area contributed by atoms with Gasteiger partial charge in [-0.05, 0) is 43.9 Å². The number of methoxy groups -OCH3 is 1. The lowest BCUT2D eigenvalue weighted by molar-refractivity contribution is -0.0622. The first-order chi connectivity index (χ1) is 8.10. The molecule has 0 aromatic heterocycles. The number of halogens is 1. The van der Waals surface area contributed by atoms with Crippen LogP contribution < -0.4 is 0 Å². The van der Waals surface area contributed by atoms with Crippen molar-refractivity contribution in [2.45, 2.75) is 55.4 Å². The van der Waals surface area contributed by atoms with Gasteiger partial charge in [0.05, 0.1) is 6.07 Å². The second-order valence-corrected chi connectivity index (χ2v) is 6.49. The number of hydrogen-bond donors (Lipinski definition) is 0. The summed E-state index contributed by atoms with van der Waals surface area (Å²) < 4.78 is 5.69. The van der Waals surface area contributed by atoms with Crippen LogP contribution in [0.5, 0.6) is 0 Å². The van der Waals surface area contributed by atoms with Crippen molar-refractivity contribution in [3.05, 3.63) is 11.6 Å². The van der Waals surface area contributed by atoms with E-state index in [0.29, 0.717) is 0 Å². The van der Waals surface area contributed by atoms with E-state index >= 15 is 0 Å². The van der Waals surface area contributed by atoms with Crippen molar-refractivity contribution in [3.63, 3.8) is 0 Å². The number of fused-ring (bicyclic) bond motifs is 2. The molecule has 92 valence electrons.